The fourth-order valence-corrected chi connectivity index (χ4v) is 2.38. The van der Waals surface area contributed by atoms with Gasteiger partial charge in [0.1, 0.15) is 5.82 Å². The monoisotopic (exact) mass is 322 g/mol. The molecule has 0 N–H and O–H groups in total. The fraction of sp³-hybridized carbons (Fsp3) is 0.214. The standard InChI is InChI=1S/C14H12ClFN4O2/c1-2-5-20-14(22)19-7-6-18(13(21)12(19)17-20)9-3-4-11(16)10(15)8-9/h3-4,6-8H,2,5H2,1H3. The Morgan fingerprint density at radius 1 is 1.27 bits per heavy atom. The molecule has 0 atom stereocenters. The van der Waals surface area contributed by atoms with Crippen LogP contribution in [0.5, 0.6) is 0 Å². The predicted octanol–water partition coefficient (Wildman–Crippen LogP) is 1.85. The van der Waals surface area contributed by atoms with Crippen LogP contribution in [0.15, 0.2) is 40.2 Å². The summed E-state index contributed by atoms with van der Waals surface area (Å²) in [7, 11) is 0. The minimum Gasteiger partial charge on any atom is -0.280 e. The molecular formula is C14H12ClFN4O2. The molecule has 3 rings (SSSR count). The third-order valence-corrected chi connectivity index (χ3v) is 3.55. The van der Waals surface area contributed by atoms with Crippen molar-refractivity contribution in [3.05, 3.63) is 62.3 Å². The molecule has 0 saturated carbocycles. The van der Waals surface area contributed by atoms with Crippen molar-refractivity contribution < 1.29 is 4.39 Å². The summed E-state index contributed by atoms with van der Waals surface area (Å²) in [5, 5.41) is 3.97. The molecule has 8 heteroatoms. The quantitative estimate of drug-likeness (QED) is 0.739. The Hall–Kier alpha value is -2.41. The highest BCUT2D eigenvalue weighted by Gasteiger charge is 2.12. The number of fused-ring (bicyclic) bond motifs is 1. The van der Waals surface area contributed by atoms with Crippen molar-refractivity contribution in [2.24, 2.45) is 0 Å². The first-order valence-electron chi connectivity index (χ1n) is 6.69. The van der Waals surface area contributed by atoms with E-state index in [-0.39, 0.29) is 16.4 Å². The van der Waals surface area contributed by atoms with Gasteiger partial charge in [-0.15, -0.1) is 5.10 Å². The van der Waals surface area contributed by atoms with E-state index in [0.29, 0.717) is 12.2 Å². The first-order valence-corrected chi connectivity index (χ1v) is 7.07. The molecule has 0 aliphatic rings. The number of aromatic nitrogens is 4. The zero-order valence-corrected chi connectivity index (χ0v) is 12.4. The van der Waals surface area contributed by atoms with Gasteiger partial charge >= 0.3 is 11.2 Å². The summed E-state index contributed by atoms with van der Waals surface area (Å²) in [6.45, 7) is 2.34. The Kier molecular flexibility index (Phi) is 3.58. The number of hydrogen-bond acceptors (Lipinski definition) is 3. The summed E-state index contributed by atoms with van der Waals surface area (Å²) < 4.78 is 16.9. The van der Waals surface area contributed by atoms with Crippen LogP contribution in [0.1, 0.15) is 13.3 Å². The average Bonchev–Trinajstić information content (AvgIpc) is 2.81. The van der Waals surface area contributed by atoms with Gasteiger partial charge in [-0.1, -0.05) is 18.5 Å². The van der Waals surface area contributed by atoms with E-state index in [0.717, 1.165) is 6.42 Å². The lowest BCUT2D eigenvalue weighted by atomic mass is 10.3. The maximum absolute atomic E-state index is 13.2. The van der Waals surface area contributed by atoms with Gasteiger partial charge in [-0.05, 0) is 24.6 Å². The largest absolute Gasteiger partial charge is 0.350 e. The van der Waals surface area contributed by atoms with E-state index in [1.807, 2.05) is 6.92 Å². The molecule has 0 bridgehead atoms. The van der Waals surface area contributed by atoms with Gasteiger partial charge in [-0.2, -0.15) is 0 Å². The van der Waals surface area contributed by atoms with Crippen LogP contribution < -0.4 is 11.2 Å². The SMILES string of the molecule is CCCn1nc2c(=O)n(-c3ccc(F)c(Cl)c3)ccn2c1=O. The van der Waals surface area contributed by atoms with Gasteiger partial charge in [0.25, 0.3) is 0 Å². The van der Waals surface area contributed by atoms with Crippen LogP contribution in [0.4, 0.5) is 4.39 Å². The zero-order chi connectivity index (χ0) is 15.9. The molecule has 1 aromatic carbocycles. The zero-order valence-electron chi connectivity index (χ0n) is 11.7. The van der Waals surface area contributed by atoms with E-state index in [2.05, 4.69) is 5.10 Å². The molecule has 0 amide bonds. The van der Waals surface area contributed by atoms with Crippen molar-refractivity contribution in [1.82, 2.24) is 18.7 Å². The van der Waals surface area contributed by atoms with Crippen LogP contribution in [0.3, 0.4) is 0 Å². The van der Waals surface area contributed by atoms with Gasteiger partial charge in [-0.25, -0.2) is 18.3 Å². The summed E-state index contributed by atoms with van der Waals surface area (Å²) in [5.41, 5.74) is -0.423. The van der Waals surface area contributed by atoms with Crippen molar-refractivity contribution in [2.45, 2.75) is 19.9 Å². The summed E-state index contributed by atoms with van der Waals surface area (Å²) in [6, 6.07) is 3.95. The lowest BCUT2D eigenvalue weighted by Gasteiger charge is -2.06. The lowest BCUT2D eigenvalue weighted by molar-refractivity contribution is 0.582. The van der Waals surface area contributed by atoms with E-state index >= 15 is 0 Å². The second kappa shape index (κ2) is 5.42. The Labute approximate surface area is 129 Å². The first kappa shape index (κ1) is 14.5. The van der Waals surface area contributed by atoms with Gasteiger partial charge in [0.15, 0.2) is 0 Å². The van der Waals surface area contributed by atoms with Crippen molar-refractivity contribution in [3.8, 4) is 5.69 Å². The average molecular weight is 323 g/mol. The van der Waals surface area contributed by atoms with Gasteiger partial charge in [0.2, 0.25) is 5.65 Å². The molecule has 0 spiro atoms. The number of aryl methyl sites for hydroxylation is 1. The van der Waals surface area contributed by atoms with Crippen molar-refractivity contribution in [3.63, 3.8) is 0 Å². The highest BCUT2D eigenvalue weighted by atomic mass is 35.5. The second-order valence-electron chi connectivity index (χ2n) is 4.77. The summed E-state index contributed by atoms with van der Waals surface area (Å²) >= 11 is 5.74. The van der Waals surface area contributed by atoms with Crippen molar-refractivity contribution >= 4 is 17.2 Å². The summed E-state index contributed by atoms with van der Waals surface area (Å²) in [5.74, 6) is -0.567. The summed E-state index contributed by atoms with van der Waals surface area (Å²) in [6.07, 6.45) is 3.61. The van der Waals surface area contributed by atoms with E-state index in [1.165, 1.54) is 44.2 Å². The number of halogens is 2. The molecular weight excluding hydrogens is 311 g/mol. The van der Waals surface area contributed by atoms with Crippen LogP contribution >= 0.6 is 11.6 Å². The Balaban J connectivity index is 2.24. The summed E-state index contributed by atoms with van der Waals surface area (Å²) in [4.78, 5) is 24.5. The van der Waals surface area contributed by atoms with Gasteiger partial charge in [0, 0.05) is 18.9 Å². The van der Waals surface area contributed by atoms with Gasteiger partial charge in [0.05, 0.1) is 10.7 Å². The smallest absolute Gasteiger partial charge is 0.280 e. The second-order valence-corrected chi connectivity index (χ2v) is 5.18. The van der Waals surface area contributed by atoms with Gasteiger partial charge < -0.3 is 0 Å². The van der Waals surface area contributed by atoms with Crippen molar-refractivity contribution in [2.75, 3.05) is 0 Å². The minimum atomic E-state index is -0.567. The normalized spacial score (nSPS) is 11.2. The van der Waals surface area contributed by atoms with E-state index in [1.54, 1.807) is 0 Å². The van der Waals surface area contributed by atoms with Crippen LogP contribution in [-0.4, -0.2) is 18.7 Å². The van der Waals surface area contributed by atoms with Gasteiger partial charge in [-0.3, -0.25) is 9.36 Å². The molecule has 3 aromatic rings. The van der Waals surface area contributed by atoms with Crippen LogP contribution in [0.25, 0.3) is 11.3 Å². The lowest BCUT2D eigenvalue weighted by Crippen LogP contribution is -2.24. The minimum absolute atomic E-state index is 0.0152. The van der Waals surface area contributed by atoms with Crippen molar-refractivity contribution in [1.29, 1.82) is 0 Å². The molecule has 0 fully saturated rings. The first-order chi connectivity index (χ1) is 10.5. The molecule has 0 radical (unpaired) electrons. The van der Waals surface area contributed by atoms with Crippen LogP contribution in [0, 0.1) is 5.82 Å². The molecule has 22 heavy (non-hydrogen) atoms. The topological polar surface area (TPSA) is 61.3 Å². The number of rotatable bonds is 3. The molecule has 0 unspecified atom stereocenters. The molecule has 2 heterocycles. The molecule has 114 valence electrons. The third-order valence-electron chi connectivity index (χ3n) is 3.26. The molecule has 0 aliphatic heterocycles. The van der Waals surface area contributed by atoms with E-state index in [9.17, 15) is 14.0 Å². The number of benzene rings is 1. The van der Waals surface area contributed by atoms with E-state index < -0.39 is 11.4 Å². The predicted molar refractivity (Wildman–Crippen MR) is 80.3 cm³/mol. The maximum Gasteiger partial charge on any atom is 0.350 e. The maximum atomic E-state index is 13.2. The highest BCUT2D eigenvalue weighted by Crippen LogP contribution is 2.17. The Morgan fingerprint density at radius 3 is 2.73 bits per heavy atom. The Morgan fingerprint density at radius 2 is 2.05 bits per heavy atom. The fourth-order valence-electron chi connectivity index (χ4n) is 2.20. The Bertz CT molecular complexity index is 973. The van der Waals surface area contributed by atoms with Crippen LogP contribution in [0.2, 0.25) is 5.02 Å². The highest BCUT2D eigenvalue weighted by molar-refractivity contribution is 6.30. The molecule has 0 saturated heterocycles. The number of hydrogen-bond donors (Lipinski definition) is 0. The number of nitrogens with zero attached hydrogens (tertiary/aromatic N) is 4. The molecule has 6 nitrogen and oxygen atoms in total. The third kappa shape index (κ3) is 2.23. The molecule has 2 aromatic heterocycles. The van der Waals surface area contributed by atoms with Crippen LogP contribution in [-0.2, 0) is 6.54 Å². The van der Waals surface area contributed by atoms with E-state index in [4.69, 9.17) is 11.6 Å². The molecule has 0 aliphatic carbocycles.